The number of rotatable bonds is 3. The average Bonchev–Trinajstić information content (AvgIpc) is 2.71. The number of hydrogen-bond donors (Lipinski definition) is 3. The number of nitrogens with zero attached hydrogens (tertiary/aromatic N) is 1. The third-order valence-electron chi connectivity index (χ3n) is 2.41. The highest BCUT2D eigenvalue weighted by Gasteiger charge is 2.14. The van der Waals surface area contributed by atoms with E-state index in [0.717, 1.165) is 19.5 Å². The lowest BCUT2D eigenvalue weighted by Crippen LogP contribution is -2.23. The second kappa shape index (κ2) is 4.27. The first-order valence-electron chi connectivity index (χ1n) is 5.00. The van der Waals surface area contributed by atoms with Gasteiger partial charge in [0.2, 0.25) is 0 Å². The highest BCUT2D eigenvalue weighted by Crippen LogP contribution is 2.09. The van der Waals surface area contributed by atoms with Crippen LogP contribution in [0.4, 0.5) is 5.82 Å². The number of nitrogens with one attached hydrogen (secondary N) is 2. The normalized spacial score (nSPS) is 20.1. The average molecular weight is 206 g/mol. The van der Waals surface area contributed by atoms with Crippen LogP contribution in [0.2, 0.25) is 0 Å². The molecule has 1 aliphatic heterocycles. The van der Waals surface area contributed by atoms with Gasteiger partial charge in [0, 0.05) is 12.6 Å². The Bertz CT molecular complexity index is 360. The van der Waals surface area contributed by atoms with Gasteiger partial charge in [-0.05, 0) is 25.1 Å². The smallest absolute Gasteiger partial charge is 0.267 e. The first-order valence-corrected chi connectivity index (χ1v) is 5.00. The van der Waals surface area contributed by atoms with Crippen molar-refractivity contribution in [3.63, 3.8) is 0 Å². The number of pyridine rings is 1. The maximum Gasteiger partial charge on any atom is 0.267 e. The van der Waals surface area contributed by atoms with Crippen LogP contribution in [0.25, 0.3) is 0 Å². The lowest BCUT2D eigenvalue weighted by molar-refractivity contribution is 0.0995. The molecule has 1 aromatic heterocycles. The van der Waals surface area contributed by atoms with Crippen LogP contribution >= 0.6 is 0 Å². The van der Waals surface area contributed by atoms with Crippen LogP contribution in [-0.2, 0) is 0 Å². The Morgan fingerprint density at radius 3 is 3.13 bits per heavy atom. The van der Waals surface area contributed by atoms with E-state index >= 15 is 0 Å². The molecule has 0 spiro atoms. The van der Waals surface area contributed by atoms with Crippen molar-refractivity contribution in [3.8, 4) is 0 Å². The fraction of sp³-hybridized carbons (Fsp3) is 0.400. The van der Waals surface area contributed by atoms with Crippen LogP contribution in [0.15, 0.2) is 18.2 Å². The molecule has 1 atom stereocenters. The lowest BCUT2D eigenvalue weighted by Gasteiger charge is -2.11. The van der Waals surface area contributed by atoms with Crippen LogP contribution in [0, 0.1) is 0 Å². The highest BCUT2D eigenvalue weighted by molar-refractivity contribution is 5.91. The molecule has 0 radical (unpaired) electrons. The van der Waals surface area contributed by atoms with E-state index in [-0.39, 0.29) is 0 Å². The Balaban J connectivity index is 2.07. The zero-order valence-corrected chi connectivity index (χ0v) is 8.36. The van der Waals surface area contributed by atoms with E-state index in [1.807, 2.05) is 6.07 Å². The summed E-state index contributed by atoms with van der Waals surface area (Å²) in [5.74, 6) is 0.211. The summed E-state index contributed by atoms with van der Waals surface area (Å²) in [6, 6.07) is 5.61. The summed E-state index contributed by atoms with van der Waals surface area (Å²) in [6.07, 6.45) is 1.07. The Labute approximate surface area is 88.1 Å². The number of amides is 1. The molecule has 1 unspecified atom stereocenters. The Morgan fingerprint density at radius 1 is 1.60 bits per heavy atom. The van der Waals surface area contributed by atoms with Gasteiger partial charge >= 0.3 is 0 Å². The number of primary amides is 1. The van der Waals surface area contributed by atoms with E-state index in [0.29, 0.717) is 17.6 Å². The summed E-state index contributed by atoms with van der Waals surface area (Å²) < 4.78 is 0. The Kier molecular flexibility index (Phi) is 2.82. The van der Waals surface area contributed by atoms with Gasteiger partial charge in [-0.15, -0.1) is 0 Å². The molecule has 15 heavy (non-hydrogen) atoms. The minimum Gasteiger partial charge on any atom is -0.366 e. The molecule has 2 rings (SSSR count). The van der Waals surface area contributed by atoms with Crippen molar-refractivity contribution in [2.24, 2.45) is 5.73 Å². The van der Waals surface area contributed by atoms with Gasteiger partial charge in [-0.25, -0.2) is 4.98 Å². The fourth-order valence-electron chi connectivity index (χ4n) is 1.64. The van der Waals surface area contributed by atoms with Crippen molar-refractivity contribution in [2.45, 2.75) is 12.5 Å². The number of anilines is 1. The molecule has 0 bridgehead atoms. The standard InChI is InChI=1S/C10H14N4O/c11-10(15)8-2-1-3-9(14-8)13-7-4-5-12-6-7/h1-3,7,12H,4-6H2,(H2,11,15)(H,13,14). The fourth-order valence-corrected chi connectivity index (χ4v) is 1.64. The molecule has 1 aromatic rings. The van der Waals surface area contributed by atoms with Crippen molar-refractivity contribution in [1.29, 1.82) is 0 Å². The number of nitrogens with two attached hydrogens (primary N) is 1. The van der Waals surface area contributed by atoms with E-state index < -0.39 is 5.91 Å². The quantitative estimate of drug-likeness (QED) is 0.648. The number of carbonyl (C=O) groups excluding carboxylic acids is 1. The molecule has 1 amide bonds. The topological polar surface area (TPSA) is 80.0 Å². The van der Waals surface area contributed by atoms with Gasteiger partial charge in [-0.2, -0.15) is 0 Å². The number of carbonyl (C=O) groups is 1. The summed E-state index contributed by atoms with van der Waals surface area (Å²) in [5, 5.41) is 6.50. The molecular formula is C10H14N4O. The molecule has 1 aliphatic rings. The zero-order valence-electron chi connectivity index (χ0n) is 8.36. The van der Waals surface area contributed by atoms with E-state index in [1.165, 1.54) is 0 Å². The number of aromatic nitrogens is 1. The van der Waals surface area contributed by atoms with Crippen LogP contribution < -0.4 is 16.4 Å². The SMILES string of the molecule is NC(=O)c1cccc(NC2CCNC2)n1. The van der Waals surface area contributed by atoms with Gasteiger partial charge in [0.15, 0.2) is 0 Å². The van der Waals surface area contributed by atoms with Crippen molar-refractivity contribution in [3.05, 3.63) is 23.9 Å². The third-order valence-corrected chi connectivity index (χ3v) is 2.41. The zero-order chi connectivity index (χ0) is 10.7. The van der Waals surface area contributed by atoms with Crippen molar-refractivity contribution < 1.29 is 4.79 Å². The van der Waals surface area contributed by atoms with Crippen molar-refractivity contribution in [2.75, 3.05) is 18.4 Å². The van der Waals surface area contributed by atoms with Crippen molar-refractivity contribution in [1.82, 2.24) is 10.3 Å². The molecule has 5 nitrogen and oxygen atoms in total. The van der Waals surface area contributed by atoms with E-state index in [1.54, 1.807) is 12.1 Å². The van der Waals surface area contributed by atoms with Gasteiger partial charge < -0.3 is 16.4 Å². The van der Waals surface area contributed by atoms with Gasteiger partial charge in [0.25, 0.3) is 5.91 Å². The van der Waals surface area contributed by atoms with Crippen LogP contribution in [0.1, 0.15) is 16.9 Å². The maximum atomic E-state index is 10.9. The lowest BCUT2D eigenvalue weighted by atomic mass is 10.2. The molecule has 0 saturated carbocycles. The van der Waals surface area contributed by atoms with Gasteiger partial charge in [0.05, 0.1) is 0 Å². The largest absolute Gasteiger partial charge is 0.366 e. The van der Waals surface area contributed by atoms with Crippen LogP contribution in [-0.4, -0.2) is 30.0 Å². The number of hydrogen-bond acceptors (Lipinski definition) is 4. The van der Waals surface area contributed by atoms with E-state index in [9.17, 15) is 4.79 Å². The van der Waals surface area contributed by atoms with Crippen LogP contribution in [0.5, 0.6) is 0 Å². The molecule has 80 valence electrons. The second-order valence-corrected chi connectivity index (χ2v) is 3.61. The van der Waals surface area contributed by atoms with E-state index in [2.05, 4.69) is 15.6 Å². The molecule has 0 aromatic carbocycles. The van der Waals surface area contributed by atoms with Crippen molar-refractivity contribution >= 4 is 11.7 Å². The summed E-state index contributed by atoms with van der Waals surface area (Å²) >= 11 is 0. The first kappa shape index (κ1) is 9.92. The monoisotopic (exact) mass is 206 g/mol. The predicted molar refractivity (Wildman–Crippen MR) is 57.7 cm³/mol. The maximum absolute atomic E-state index is 10.9. The Morgan fingerprint density at radius 2 is 2.47 bits per heavy atom. The molecule has 1 saturated heterocycles. The third kappa shape index (κ3) is 2.44. The van der Waals surface area contributed by atoms with Gasteiger partial charge in [-0.1, -0.05) is 6.07 Å². The molecule has 5 heteroatoms. The second-order valence-electron chi connectivity index (χ2n) is 3.61. The summed E-state index contributed by atoms with van der Waals surface area (Å²) in [7, 11) is 0. The van der Waals surface area contributed by atoms with Gasteiger partial charge in [-0.3, -0.25) is 4.79 Å². The summed E-state index contributed by atoms with van der Waals surface area (Å²) in [6.45, 7) is 1.95. The molecule has 4 N–H and O–H groups in total. The molecular weight excluding hydrogens is 192 g/mol. The Hall–Kier alpha value is -1.62. The highest BCUT2D eigenvalue weighted by atomic mass is 16.1. The molecule has 2 heterocycles. The van der Waals surface area contributed by atoms with Crippen LogP contribution in [0.3, 0.4) is 0 Å². The van der Waals surface area contributed by atoms with Gasteiger partial charge in [0.1, 0.15) is 11.5 Å². The predicted octanol–water partition coefficient (Wildman–Crippen LogP) is -0.0457. The minimum atomic E-state index is -0.497. The summed E-state index contributed by atoms with van der Waals surface area (Å²) in [5.41, 5.74) is 5.45. The minimum absolute atomic E-state index is 0.297. The van der Waals surface area contributed by atoms with E-state index in [4.69, 9.17) is 5.73 Å². The molecule has 0 aliphatic carbocycles. The molecule has 1 fully saturated rings. The summed E-state index contributed by atoms with van der Waals surface area (Å²) in [4.78, 5) is 15.0. The first-order chi connectivity index (χ1) is 7.25.